The van der Waals surface area contributed by atoms with E-state index in [1.165, 1.54) is 5.56 Å². The molecule has 1 aromatic carbocycles. The van der Waals surface area contributed by atoms with Gasteiger partial charge in [0.05, 0.1) is 5.69 Å². The molecule has 24 heavy (non-hydrogen) atoms. The Hall–Kier alpha value is -2.14. The third-order valence-corrected chi connectivity index (χ3v) is 5.13. The van der Waals surface area contributed by atoms with Crippen LogP contribution in [-0.4, -0.2) is 22.1 Å². The smallest absolute Gasteiger partial charge is 0.223 e. The van der Waals surface area contributed by atoms with E-state index < -0.39 is 0 Å². The maximum absolute atomic E-state index is 6.27. The number of aryl methyl sites for hydroxylation is 1. The van der Waals surface area contributed by atoms with Gasteiger partial charge in [0, 0.05) is 17.2 Å². The summed E-state index contributed by atoms with van der Waals surface area (Å²) in [6.07, 6.45) is 7.21. The van der Waals surface area contributed by atoms with Crippen LogP contribution in [0.4, 0.5) is 5.95 Å². The van der Waals surface area contributed by atoms with Crippen LogP contribution < -0.4 is 16.2 Å². The highest BCUT2D eigenvalue weighted by atomic mass is 16.5. The number of nitrogens with zero attached hydrogens (tertiary/aromatic N) is 2. The minimum Gasteiger partial charge on any atom is -0.474 e. The van der Waals surface area contributed by atoms with Crippen molar-refractivity contribution in [3.8, 4) is 17.1 Å². The third-order valence-electron chi connectivity index (χ3n) is 5.13. The summed E-state index contributed by atoms with van der Waals surface area (Å²) in [7, 11) is 0. The number of hydrogen-bond donors (Lipinski definition) is 2. The van der Waals surface area contributed by atoms with E-state index >= 15 is 0 Å². The van der Waals surface area contributed by atoms with Gasteiger partial charge in [-0.25, -0.2) is 4.98 Å². The second-order valence-electron chi connectivity index (χ2n) is 6.88. The zero-order valence-corrected chi connectivity index (χ0v) is 13.9. The quantitative estimate of drug-likeness (QED) is 0.887. The first kappa shape index (κ1) is 15.4. The van der Waals surface area contributed by atoms with E-state index in [0.717, 1.165) is 61.8 Å². The first-order valence-electron chi connectivity index (χ1n) is 8.87. The number of ether oxygens (including phenoxy) is 1. The molecule has 0 saturated heterocycles. The van der Waals surface area contributed by atoms with E-state index in [1.54, 1.807) is 0 Å². The predicted molar refractivity (Wildman–Crippen MR) is 94.8 cm³/mol. The average Bonchev–Trinajstić information content (AvgIpc) is 2.77. The second kappa shape index (κ2) is 6.40. The first-order valence-corrected chi connectivity index (χ1v) is 8.87. The highest BCUT2D eigenvalue weighted by molar-refractivity contribution is 5.70. The SMILES string of the molecule is Nc1nc(O[C@H]2CC[C@@H](N)CC2)c2c(n1)-c1ccccc1CCC2. The molecular formula is C19H24N4O. The molecule has 1 aromatic heterocycles. The lowest BCUT2D eigenvalue weighted by Gasteiger charge is -2.27. The van der Waals surface area contributed by atoms with Crippen LogP contribution in [0.3, 0.4) is 0 Å². The molecule has 0 spiro atoms. The Labute approximate surface area is 142 Å². The summed E-state index contributed by atoms with van der Waals surface area (Å²) >= 11 is 0. The second-order valence-corrected chi connectivity index (χ2v) is 6.88. The van der Waals surface area contributed by atoms with Gasteiger partial charge in [0.25, 0.3) is 0 Å². The van der Waals surface area contributed by atoms with Crippen LogP contribution in [0.5, 0.6) is 5.88 Å². The fourth-order valence-electron chi connectivity index (χ4n) is 3.81. The molecule has 0 radical (unpaired) electrons. The van der Waals surface area contributed by atoms with Crippen LogP contribution in [0.1, 0.15) is 43.2 Å². The highest BCUT2D eigenvalue weighted by Gasteiger charge is 2.25. The summed E-state index contributed by atoms with van der Waals surface area (Å²) in [5, 5.41) is 0. The Morgan fingerprint density at radius 1 is 1.00 bits per heavy atom. The molecule has 5 nitrogen and oxygen atoms in total. The third kappa shape index (κ3) is 2.96. The summed E-state index contributed by atoms with van der Waals surface area (Å²) < 4.78 is 6.27. The van der Waals surface area contributed by atoms with Gasteiger partial charge in [-0.1, -0.05) is 24.3 Å². The Morgan fingerprint density at radius 3 is 2.62 bits per heavy atom. The molecule has 1 fully saturated rings. The van der Waals surface area contributed by atoms with Crippen LogP contribution >= 0.6 is 0 Å². The van der Waals surface area contributed by atoms with E-state index in [2.05, 4.69) is 34.2 Å². The van der Waals surface area contributed by atoms with Gasteiger partial charge in [-0.15, -0.1) is 0 Å². The van der Waals surface area contributed by atoms with Gasteiger partial charge in [-0.05, 0) is 50.5 Å². The van der Waals surface area contributed by atoms with E-state index in [1.807, 2.05) is 0 Å². The Kier molecular flexibility index (Phi) is 4.10. The van der Waals surface area contributed by atoms with E-state index in [9.17, 15) is 0 Å². The van der Waals surface area contributed by atoms with Gasteiger partial charge in [-0.2, -0.15) is 4.98 Å². The molecule has 0 unspecified atom stereocenters. The van der Waals surface area contributed by atoms with Gasteiger partial charge in [0.15, 0.2) is 0 Å². The average molecular weight is 324 g/mol. The fourth-order valence-corrected chi connectivity index (χ4v) is 3.81. The van der Waals surface area contributed by atoms with Gasteiger partial charge < -0.3 is 16.2 Å². The van der Waals surface area contributed by atoms with E-state index in [-0.39, 0.29) is 12.1 Å². The minimum absolute atomic E-state index is 0.182. The number of anilines is 1. The Balaban J connectivity index is 1.71. The molecule has 4 N–H and O–H groups in total. The molecule has 1 saturated carbocycles. The normalized spacial score (nSPS) is 23.0. The van der Waals surface area contributed by atoms with Crippen molar-refractivity contribution in [3.63, 3.8) is 0 Å². The standard InChI is InChI=1S/C19H24N4O/c20-13-8-10-14(11-9-13)24-18-16-7-3-5-12-4-1-2-6-15(12)17(16)22-19(21)23-18/h1-2,4,6,13-14H,3,5,7-11,20H2,(H2,21,22,23)/t13-,14+. The van der Waals surface area contributed by atoms with Crippen molar-refractivity contribution in [2.45, 2.75) is 57.1 Å². The van der Waals surface area contributed by atoms with Crippen LogP contribution in [0.15, 0.2) is 24.3 Å². The van der Waals surface area contributed by atoms with E-state index in [0.29, 0.717) is 11.9 Å². The zero-order chi connectivity index (χ0) is 16.5. The van der Waals surface area contributed by atoms with Crippen LogP contribution in [-0.2, 0) is 12.8 Å². The number of nitrogen functional groups attached to an aromatic ring is 1. The number of fused-ring (bicyclic) bond motifs is 3. The summed E-state index contributed by atoms with van der Waals surface area (Å²) in [4.78, 5) is 8.97. The first-order chi connectivity index (χ1) is 11.7. The van der Waals surface area contributed by atoms with Crippen molar-refractivity contribution < 1.29 is 4.74 Å². The molecule has 4 rings (SSSR count). The van der Waals surface area contributed by atoms with E-state index in [4.69, 9.17) is 16.2 Å². The number of benzene rings is 1. The van der Waals surface area contributed by atoms with Crippen LogP contribution in [0.2, 0.25) is 0 Å². The molecule has 126 valence electrons. The summed E-state index contributed by atoms with van der Waals surface area (Å²) in [5.41, 5.74) is 16.5. The summed E-state index contributed by atoms with van der Waals surface area (Å²) in [6, 6.07) is 8.73. The van der Waals surface area contributed by atoms with Gasteiger partial charge in [0.2, 0.25) is 11.8 Å². The van der Waals surface area contributed by atoms with Crippen molar-refractivity contribution in [2.24, 2.45) is 5.73 Å². The Morgan fingerprint density at radius 2 is 1.79 bits per heavy atom. The largest absolute Gasteiger partial charge is 0.474 e. The van der Waals surface area contributed by atoms with Gasteiger partial charge in [-0.3, -0.25) is 0 Å². The van der Waals surface area contributed by atoms with Gasteiger partial charge >= 0.3 is 0 Å². The van der Waals surface area contributed by atoms with Crippen LogP contribution in [0.25, 0.3) is 11.3 Å². The maximum Gasteiger partial charge on any atom is 0.223 e. The van der Waals surface area contributed by atoms with Crippen LogP contribution in [0, 0.1) is 0 Å². The molecule has 1 heterocycles. The molecule has 5 heteroatoms. The minimum atomic E-state index is 0.182. The van der Waals surface area contributed by atoms with Crippen molar-refractivity contribution in [1.29, 1.82) is 0 Å². The van der Waals surface area contributed by atoms with Crippen molar-refractivity contribution >= 4 is 5.95 Å². The summed E-state index contributed by atoms with van der Waals surface area (Å²) in [5.74, 6) is 0.961. The summed E-state index contributed by atoms with van der Waals surface area (Å²) in [6.45, 7) is 0. The lowest BCUT2D eigenvalue weighted by molar-refractivity contribution is 0.140. The lowest BCUT2D eigenvalue weighted by atomic mass is 9.93. The van der Waals surface area contributed by atoms with Crippen molar-refractivity contribution in [3.05, 3.63) is 35.4 Å². The molecule has 2 aliphatic rings. The zero-order valence-electron chi connectivity index (χ0n) is 13.9. The lowest BCUT2D eigenvalue weighted by Crippen LogP contribution is -2.32. The fraction of sp³-hybridized carbons (Fsp3) is 0.474. The number of hydrogen-bond acceptors (Lipinski definition) is 5. The molecule has 2 aromatic rings. The molecular weight excluding hydrogens is 300 g/mol. The number of rotatable bonds is 2. The maximum atomic E-state index is 6.27. The van der Waals surface area contributed by atoms with Crippen molar-refractivity contribution in [1.82, 2.24) is 9.97 Å². The number of nitrogens with two attached hydrogens (primary N) is 2. The number of aromatic nitrogens is 2. The van der Waals surface area contributed by atoms with Gasteiger partial charge in [0.1, 0.15) is 6.10 Å². The molecule has 0 atom stereocenters. The molecule has 0 bridgehead atoms. The Bertz CT molecular complexity index is 738. The van der Waals surface area contributed by atoms with Crippen molar-refractivity contribution in [2.75, 3.05) is 5.73 Å². The molecule has 2 aliphatic carbocycles. The molecule has 0 aliphatic heterocycles. The monoisotopic (exact) mass is 324 g/mol. The predicted octanol–water partition coefficient (Wildman–Crippen LogP) is 2.86. The highest BCUT2D eigenvalue weighted by Crippen LogP contribution is 2.36. The molecule has 0 amide bonds. The topological polar surface area (TPSA) is 87.0 Å².